The number of hydrogen-bond donors (Lipinski definition) is 0. The number of anilines is 1. The van der Waals surface area contributed by atoms with Gasteiger partial charge in [0.05, 0.1) is 5.02 Å². The van der Waals surface area contributed by atoms with E-state index in [4.69, 9.17) is 16.3 Å². The molecule has 0 radical (unpaired) electrons. The molecule has 1 aromatic rings. The van der Waals surface area contributed by atoms with Gasteiger partial charge in [-0.05, 0) is 32.0 Å². The van der Waals surface area contributed by atoms with Gasteiger partial charge in [-0.1, -0.05) is 11.6 Å². The van der Waals surface area contributed by atoms with Crippen LogP contribution in [-0.4, -0.2) is 25.7 Å². The van der Waals surface area contributed by atoms with Crippen LogP contribution in [0.5, 0.6) is 0 Å². The monoisotopic (exact) mass is 259 g/mol. The highest BCUT2D eigenvalue weighted by molar-refractivity contribution is 6.30. The van der Waals surface area contributed by atoms with E-state index in [1.54, 1.807) is 13.0 Å². The molecule has 17 heavy (non-hydrogen) atoms. The number of likely N-dealkylation sites (N-methyl/N-ethyl adjacent to an activating group) is 1. The topological polar surface area (TPSA) is 29.5 Å². The van der Waals surface area contributed by atoms with Crippen molar-refractivity contribution in [3.8, 4) is 0 Å². The van der Waals surface area contributed by atoms with Gasteiger partial charge in [-0.2, -0.15) is 0 Å². The lowest BCUT2D eigenvalue weighted by molar-refractivity contribution is -0.127. The van der Waals surface area contributed by atoms with Crippen LogP contribution in [0.2, 0.25) is 5.02 Å². The predicted molar refractivity (Wildman–Crippen MR) is 65.9 cm³/mol. The summed E-state index contributed by atoms with van der Waals surface area (Å²) >= 11 is 5.59. The number of benzene rings is 1. The Balaban J connectivity index is 3.01. The van der Waals surface area contributed by atoms with Crippen molar-refractivity contribution in [1.82, 2.24) is 0 Å². The van der Waals surface area contributed by atoms with E-state index in [1.807, 2.05) is 6.92 Å². The third-order valence-corrected chi connectivity index (χ3v) is 2.80. The number of carbonyl (C=O) groups excluding carboxylic acids is 1. The van der Waals surface area contributed by atoms with E-state index in [-0.39, 0.29) is 10.9 Å². The minimum absolute atomic E-state index is 0.0389. The average molecular weight is 260 g/mol. The van der Waals surface area contributed by atoms with E-state index in [1.165, 1.54) is 24.1 Å². The van der Waals surface area contributed by atoms with Crippen LogP contribution >= 0.6 is 11.6 Å². The predicted octanol–water partition coefficient (Wildman–Crippen LogP) is 2.87. The molecular formula is C12H15ClFNO2. The Kier molecular flexibility index (Phi) is 4.90. The number of halogens is 2. The molecular weight excluding hydrogens is 245 g/mol. The Hall–Kier alpha value is -1.13. The van der Waals surface area contributed by atoms with Crippen molar-refractivity contribution in [3.05, 3.63) is 29.0 Å². The van der Waals surface area contributed by atoms with Crippen molar-refractivity contribution in [3.63, 3.8) is 0 Å². The third-order valence-electron chi connectivity index (χ3n) is 2.50. The summed E-state index contributed by atoms with van der Waals surface area (Å²) in [6, 6.07) is 4.28. The highest BCUT2D eigenvalue weighted by atomic mass is 35.5. The van der Waals surface area contributed by atoms with Gasteiger partial charge in [0, 0.05) is 19.3 Å². The second-order valence-electron chi connectivity index (χ2n) is 3.56. The van der Waals surface area contributed by atoms with Crippen LogP contribution in [-0.2, 0) is 9.53 Å². The van der Waals surface area contributed by atoms with E-state index in [0.717, 1.165) is 0 Å². The van der Waals surface area contributed by atoms with Crippen LogP contribution < -0.4 is 4.90 Å². The maximum absolute atomic E-state index is 13.3. The molecule has 1 aromatic carbocycles. The Morgan fingerprint density at radius 3 is 2.71 bits per heavy atom. The molecule has 1 rings (SSSR count). The van der Waals surface area contributed by atoms with Gasteiger partial charge in [-0.15, -0.1) is 0 Å². The van der Waals surface area contributed by atoms with Gasteiger partial charge < -0.3 is 9.64 Å². The van der Waals surface area contributed by atoms with Crippen molar-refractivity contribution >= 4 is 23.2 Å². The van der Waals surface area contributed by atoms with E-state index in [2.05, 4.69) is 0 Å². The van der Waals surface area contributed by atoms with Crippen LogP contribution in [0.25, 0.3) is 0 Å². The molecule has 0 saturated carbocycles. The minimum atomic E-state index is -0.561. The van der Waals surface area contributed by atoms with Crippen molar-refractivity contribution in [2.24, 2.45) is 0 Å². The summed E-state index contributed by atoms with van der Waals surface area (Å²) in [6.07, 6.45) is -0.561. The van der Waals surface area contributed by atoms with Crippen LogP contribution in [0.4, 0.5) is 10.1 Å². The zero-order valence-corrected chi connectivity index (χ0v) is 10.8. The maximum atomic E-state index is 13.3. The lowest BCUT2D eigenvalue weighted by Crippen LogP contribution is -2.38. The van der Waals surface area contributed by atoms with Gasteiger partial charge in [0.2, 0.25) is 0 Å². The molecule has 0 spiro atoms. The number of rotatable bonds is 4. The second kappa shape index (κ2) is 5.98. The van der Waals surface area contributed by atoms with Crippen molar-refractivity contribution < 1.29 is 13.9 Å². The summed E-state index contributed by atoms with van der Waals surface area (Å²) in [5.74, 6) is -0.753. The smallest absolute Gasteiger partial charge is 0.255 e. The Bertz CT molecular complexity index is 411. The van der Waals surface area contributed by atoms with E-state index in [0.29, 0.717) is 12.2 Å². The van der Waals surface area contributed by atoms with Crippen LogP contribution in [0.3, 0.4) is 0 Å². The van der Waals surface area contributed by atoms with E-state index < -0.39 is 11.9 Å². The number of methoxy groups -OCH3 is 1. The van der Waals surface area contributed by atoms with Crippen molar-refractivity contribution in [2.75, 3.05) is 18.6 Å². The highest BCUT2D eigenvalue weighted by Crippen LogP contribution is 2.22. The minimum Gasteiger partial charge on any atom is -0.372 e. The Morgan fingerprint density at radius 1 is 1.59 bits per heavy atom. The summed E-state index contributed by atoms with van der Waals surface area (Å²) in [5, 5.41) is 0.0389. The standard InChI is InChI=1S/C12H15ClFNO2/c1-4-15(12(16)8(2)17-3)9-5-6-10(13)11(14)7-9/h5-8H,4H2,1-3H3/t8-/m1/s1. The zero-order valence-electron chi connectivity index (χ0n) is 10.0. The first-order valence-corrected chi connectivity index (χ1v) is 5.68. The van der Waals surface area contributed by atoms with Crippen molar-refractivity contribution in [2.45, 2.75) is 20.0 Å². The van der Waals surface area contributed by atoms with Gasteiger partial charge in [0.25, 0.3) is 5.91 Å². The lowest BCUT2D eigenvalue weighted by Gasteiger charge is -2.24. The van der Waals surface area contributed by atoms with E-state index in [9.17, 15) is 9.18 Å². The number of nitrogens with zero attached hydrogens (tertiary/aromatic N) is 1. The zero-order chi connectivity index (χ0) is 13.0. The molecule has 0 fully saturated rings. The maximum Gasteiger partial charge on any atom is 0.255 e. The van der Waals surface area contributed by atoms with Gasteiger partial charge in [0.15, 0.2) is 0 Å². The van der Waals surface area contributed by atoms with Crippen LogP contribution in [0.1, 0.15) is 13.8 Å². The van der Waals surface area contributed by atoms with Gasteiger partial charge in [-0.3, -0.25) is 4.79 Å². The molecule has 5 heteroatoms. The highest BCUT2D eigenvalue weighted by Gasteiger charge is 2.20. The number of amides is 1. The number of carbonyl (C=O) groups is 1. The molecule has 0 bridgehead atoms. The normalized spacial score (nSPS) is 12.3. The molecule has 0 aliphatic rings. The summed E-state index contributed by atoms with van der Waals surface area (Å²) < 4.78 is 18.3. The van der Waals surface area contributed by atoms with Crippen LogP contribution in [0, 0.1) is 5.82 Å². The molecule has 94 valence electrons. The number of hydrogen-bond acceptors (Lipinski definition) is 2. The fraction of sp³-hybridized carbons (Fsp3) is 0.417. The van der Waals surface area contributed by atoms with Crippen molar-refractivity contribution in [1.29, 1.82) is 0 Å². The Labute approximate surface area is 105 Å². The molecule has 3 nitrogen and oxygen atoms in total. The number of ether oxygens (including phenoxy) is 1. The van der Waals surface area contributed by atoms with Gasteiger partial charge in [0.1, 0.15) is 11.9 Å². The summed E-state index contributed by atoms with van der Waals surface area (Å²) in [7, 11) is 1.46. The molecule has 0 N–H and O–H groups in total. The Morgan fingerprint density at radius 2 is 2.24 bits per heavy atom. The molecule has 0 aliphatic heterocycles. The van der Waals surface area contributed by atoms with E-state index >= 15 is 0 Å². The first-order valence-electron chi connectivity index (χ1n) is 5.30. The van der Waals surface area contributed by atoms with Gasteiger partial charge >= 0.3 is 0 Å². The quantitative estimate of drug-likeness (QED) is 0.832. The fourth-order valence-electron chi connectivity index (χ4n) is 1.44. The summed E-state index contributed by atoms with van der Waals surface area (Å²) in [6.45, 7) is 3.90. The molecule has 0 aromatic heterocycles. The largest absolute Gasteiger partial charge is 0.372 e. The first kappa shape index (κ1) is 13.9. The molecule has 1 atom stereocenters. The lowest BCUT2D eigenvalue weighted by atomic mass is 10.2. The second-order valence-corrected chi connectivity index (χ2v) is 3.97. The SMILES string of the molecule is CCN(C(=O)[C@@H](C)OC)c1ccc(Cl)c(F)c1. The summed E-state index contributed by atoms with van der Waals surface area (Å²) in [5.41, 5.74) is 0.475. The van der Waals surface area contributed by atoms with Gasteiger partial charge in [-0.25, -0.2) is 4.39 Å². The summed E-state index contributed by atoms with van der Waals surface area (Å²) in [4.78, 5) is 13.4. The first-order chi connectivity index (χ1) is 8.01. The molecule has 1 amide bonds. The molecule has 0 unspecified atom stereocenters. The molecule has 0 saturated heterocycles. The third kappa shape index (κ3) is 3.17. The fourth-order valence-corrected chi connectivity index (χ4v) is 1.56. The molecule has 0 aliphatic carbocycles. The van der Waals surface area contributed by atoms with Crippen LogP contribution in [0.15, 0.2) is 18.2 Å². The molecule has 0 heterocycles. The average Bonchev–Trinajstić information content (AvgIpc) is 2.33.